The van der Waals surface area contributed by atoms with Crippen molar-refractivity contribution in [3.63, 3.8) is 0 Å². The molecule has 2 fully saturated rings. The Morgan fingerprint density at radius 2 is 1.46 bits per heavy atom. The number of hydrogen-bond acceptors (Lipinski definition) is 6. The fraction of sp³-hybridized carbons (Fsp3) is 0.947. The number of carbonyl (C=O) groups is 1. The van der Waals surface area contributed by atoms with E-state index in [1.165, 1.54) is 6.92 Å². The minimum Gasteiger partial charge on any atom is -0.458 e. The van der Waals surface area contributed by atoms with Crippen molar-refractivity contribution in [2.24, 2.45) is 0 Å². The summed E-state index contributed by atoms with van der Waals surface area (Å²) in [6, 6.07) is -0.735. The second kappa shape index (κ2) is 8.89. The van der Waals surface area contributed by atoms with E-state index in [4.69, 9.17) is 30.3 Å². The normalized spacial score (nSPS) is 32.5. The summed E-state index contributed by atoms with van der Waals surface area (Å²) < 4.78 is 32.0. The summed E-state index contributed by atoms with van der Waals surface area (Å²) in [5.74, 6) is -0.397. The average Bonchev–Trinajstić information content (AvgIpc) is 2.81. The lowest BCUT2D eigenvalue weighted by atomic mass is 9.93. The molecule has 2 heterocycles. The van der Waals surface area contributed by atoms with Gasteiger partial charge in [0.2, 0.25) is 0 Å². The molecule has 0 bridgehead atoms. The molecule has 9 heteroatoms. The monoisotopic (exact) mass is 428 g/mol. The first-order valence-corrected chi connectivity index (χ1v) is 14.4. The molecule has 0 aromatic rings. The molecular formula is C19H37BO6Si2. The third-order valence-electron chi connectivity index (χ3n) is 5.98. The molecule has 28 heavy (non-hydrogen) atoms. The Kier molecular flexibility index (Phi) is 7.65. The number of hydrogen-bond donors (Lipinski definition) is 0. The van der Waals surface area contributed by atoms with Gasteiger partial charge < -0.3 is 22.4 Å². The largest absolute Gasteiger partial charge is 0.458 e. The minimum atomic E-state index is -2.78. The van der Waals surface area contributed by atoms with Crippen molar-refractivity contribution < 1.29 is 27.2 Å². The molecule has 0 saturated carbocycles. The van der Waals surface area contributed by atoms with Gasteiger partial charge in [0, 0.05) is 6.92 Å². The molecule has 4 atom stereocenters. The third-order valence-corrected chi connectivity index (χ3v) is 16.2. The highest BCUT2D eigenvalue weighted by Crippen LogP contribution is 2.47. The molecule has 2 aliphatic heterocycles. The number of carbonyl (C=O) groups excluding carboxylic acids is 1. The maximum Gasteiger partial charge on any atom is 0.335 e. The summed E-state index contributed by atoms with van der Waals surface area (Å²) in [6.07, 6.45) is -1.52. The van der Waals surface area contributed by atoms with Crippen molar-refractivity contribution in [3.8, 4) is 0 Å². The van der Waals surface area contributed by atoms with E-state index in [-0.39, 0.29) is 28.3 Å². The summed E-state index contributed by atoms with van der Waals surface area (Å²) in [4.78, 5) is 11.7. The zero-order valence-electron chi connectivity index (χ0n) is 18.9. The predicted octanol–water partition coefficient (Wildman–Crippen LogP) is 3.77. The van der Waals surface area contributed by atoms with Gasteiger partial charge in [0.15, 0.2) is 0 Å². The van der Waals surface area contributed by atoms with E-state index >= 15 is 0 Å². The van der Waals surface area contributed by atoms with Crippen LogP contribution in [0.2, 0.25) is 22.2 Å². The van der Waals surface area contributed by atoms with Gasteiger partial charge in [-0.3, -0.25) is 4.79 Å². The number of esters is 1. The van der Waals surface area contributed by atoms with Crippen LogP contribution in [0.1, 0.15) is 62.3 Å². The molecule has 2 radical (unpaired) electrons. The molecule has 0 amide bonds. The van der Waals surface area contributed by atoms with Crippen LogP contribution in [0.25, 0.3) is 0 Å². The predicted molar refractivity (Wildman–Crippen MR) is 114 cm³/mol. The highest BCUT2D eigenvalue weighted by Gasteiger charge is 2.61. The molecule has 0 aromatic heterocycles. The summed E-state index contributed by atoms with van der Waals surface area (Å²) >= 11 is 0. The molecule has 0 aliphatic carbocycles. The molecule has 0 spiro atoms. The van der Waals surface area contributed by atoms with Crippen LogP contribution in [0, 0.1) is 0 Å². The molecule has 160 valence electrons. The van der Waals surface area contributed by atoms with E-state index in [9.17, 15) is 4.79 Å². The quantitative estimate of drug-likeness (QED) is 0.491. The first-order valence-electron chi connectivity index (χ1n) is 10.5. The van der Waals surface area contributed by atoms with Gasteiger partial charge in [0.1, 0.15) is 26.2 Å². The first kappa shape index (κ1) is 24.1. The Labute approximate surface area is 173 Å². The van der Waals surface area contributed by atoms with Gasteiger partial charge in [-0.05, 0) is 22.2 Å². The Balaban J connectivity index is 2.54. The van der Waals surface area contributed by atoms with Crippen LogP contribution in [-0.4, -0.2) is 61.9 Å². The van der Waals surface area contributed by atoms with E-state index in [2.05, 4.69) is 55.4 Å². The second-order valence-corrected chi connectivity index (χ2v) is 18.1. The Hall–Kier alpha value is -0.191. The lowest BCUT2D eigenvalue weighted by Gasteiger charge is -2.51. The van der Waals surface area contributed by atoms with Gasteiger partial charge in [-0.25, -0.2) is 0 Å². The molecule has 2 aliphatic rings. The van der Waals surface area contributed by atoms with E-state index in [0.717, 1.165) is 0 Å². The van der Waals surface area contributed by atoms with Crippen molar-refractivity contribution in [1.82, 2.24) is 0 Å². The van der Waals surface area contributed by atoms with E-state index in [0.29, 0.717) is 6.61 Å². The topological polar surface area (TPSA) is 63.2 Å². The SMILES string of the molecule is [B][C@@H]1O[C@@H]2CO[Si](C(C)C)(C(C)C)O[Si](C(C)C)(C(C)C)O[C@H]2[C@@H]1OC(C)=O. The molecule has 6 nitrogen and oxygen atoms in total. The van der Waals surface area contributed by atoms with Gasteiger partial charge in [-0.15, -0.1) is 0 Å². The summed E-state index contributed by atoms with van der Waals surface area (Å²) in [6.45, 7) is 19.0. The fourth-order valence-corrected chi connectivity index (χ4v) is 15.7. The van der Waals surface area contributed by atoms with Crippen LogP contribution in [0.3, 0.4) is 0 Å². The maximum atomic E-state index is 11.7. The Morgan fingerprint density at radius 3 is 1.89 bits per heavy atom. The maximum absolute atomic E-state index is 11.7. The minimum absolute atomic E-state index is 0.189. The van der Waals surface area contributed by atoms with Gasteiger partial charge in [0.05, 0.1) is 12.6 Å². The zero-order chi connectivity index (χ0) is 21.4. The van der Waals surface area contributed by atoms with E-state index < -0.39 is 41.3 Å². The third kappa shape index (κ3) is 4.30. The zero-order valence-corrected chi connectivity index (χ0v) is 20.9. The van der Waals surface area contributed by atoms with Crippen molar-refractivity contribution >= 4 is 30.9 Å². The van der Waals surface area contributed by atoms with Crippen LogP contribution >= 0.6 is 0 Å². The molecule has 2 saturated heterocycles. The Morgan fingerprint density at radius 1 is 0.964 bits per heavy atom. The van der Waals surface area contributed by atoms with Gasteiger partial charge in [-0.2, -0.15) is 0 Å². The second-order valence-electron chi connectivity index (χ2n) is 9.27. The van der Waals surface area contributed by atoms with Crippen molar-refractivity contribution in [2.75, 3.05) is 6.61 Å². The van der Waals surface area contributed by atoms with Gasteiger partial charge in [-0.1, -0.05) is 55.4 Å². The summed E-state index contributed by atoms with van der Waals surface area (Å²) in [5.41, 5.74) is 0.899. The number of fused-ring (bicyclic) bond motifs is 1. The number of ether oxygens (including phenoxy) is 2. The summed E-state index contributed by atoms with van der Waals surface area (Å²) in [5, 5.41) is 0. The van der Waals surface area contributed by atoms with Crippen molar-refractivity contribution in [1.29, 1.82) is 0 Å². The lowest BCUT2D eigenvalue weighted by Crippen LogP contribution is -2.66. The fourth-order valence-electron chi connectivity index (χ4n) is 4.50. The molecule has 0 unspecified atom stereocenters. The Bertz CT molecular complexity index is 541. The lowest BCUT2D eigenvalue weighted by molar-refractivity contribution is -0.151. The molecule has 0 N–H and O–H groups in total. The summed E-state index contributed by atoms with van der Waals surface area (Å²) in [7, 11) is 0.780. The van der Waals surface area contributed by atoms with Gasteiger partial charge in [0.25, 0.3) is 0 Å². The van der Waals surface area contributed by atoms with Crippen molar-refractivity contribution in [2.45, 2.75) is 109 Å². The average molecular weight is 428 g/mol. The molecule has 2 rings (SSSR count). The van der Waals surface area contributed by atoms with Crippen LogP contribution in [-0.2, 0) is 27.2 Å². The van der Waals surface area contributed by atoms with Gasteiger partial charge >= 0.3 is 23.1 Å². The number of rotatable bonds is 5. The van der Waals surface area contributed by atoms with Crippen LogP contribution in [0.4, 0.5) is 0 Å². The first-order chi connectivity index (χ1) is 12.9. The van der Waals surface area contributed by atoms with E-state index in [1.807, 2.05) is 0 Å². The van der Waals surface area contributed by atoms with Crippen LogP contribution in [0.15, 0.2) is 0 Å². The molecule has 0 aromatic carbocycles. The van der Waals surface area contributed by atoms with Crippen LogP contribution in [0.5, 0.6) is 0 Å². The van der Waals surface area contributed by atoms with Crippen LogP contribution < -0.4 is 0 Å². The highest BCUT2D eigenvalue weighted by molar-refractivity contribution is 6.84. The van der Waals surface area contributed by atoms with E-state index in [1.54, 1.807) is 0 Å². The van der Waals surface area contributed by atoms with Crippen molar-refractivity contribution in [3.05, 3.63) is 0 Å². The molecular weight excluding hydrogens is 391 g/mol. The smallest absolute Gasteiger partial charge is 0.335 e. The highest BCUT2D eigenvalue weighted by atomic mass is 28.5. The standard InChI is InChI=1S/C19H37BO6Si2/c1-11(2)27(12(3)4)22-10-16-17(18(19(20)24-16)23-15(9)21)25-28(26-27,13(5)6)14(7)8/h11-14,16-19H,10H2,1-9H3/t16-,17-,18+,19-/m1/s1.